The number of sulfone groups is 1. The van der Waals surface area contributed by atoms with Gasteiger partial charge in [-0.05, 0) is 0 Å². The standard InChI is InChI=1S/C8H12N2O3S2/c1-15(12,13)3-2-10-8(11)6-4-14-5-7(6)9-10/h9H,2-5H2,1H3. The van der Waals surface area contributed by atoms with Crippen molar-refractivity contribution in [2.24, 2.45) is 0 Å². The number of aryl methyl sites for hydroxylation is 1. The number of aromatic nitrogens is 2. The Labute approximate surface area is 91.8 Å². The summed E-state index contributed by atoms with van der Waals surface area (Å²) in [6.07, 6.45) is 1.17. The van der Waals surface area contributed by atoms with Gasteiger partial charge in [0.2, 0.25) is 0 Å². The minimum Gasteiger partial charge on any atom is -0.299 e. The van der Waals surface area contributed by atoms with Gasteiger partial charge in [0, 0.05) is 17.8 Å². The molecule has 0 saturated carbocycles. The molecule has 7 heteroatoms. The van der Waals surface area contributed by atoms with Gasteiger partial charge in [-0.25, -0.2) is 8.42 Å². The molecule has 1 aromatic heterocycles. The van der Waals surface area contributed by atoms with Crippen molar-refractivity contribution < 1.29 is 8.42 Å². The molecule has 1 aliphatic rings. The number of hydrogen-bond acceptors (Lipinski definition) is 4. The van der Waals surface area contributed by atoms with Crippen LogP contribution in [0.4, 0.5) is 0 Å². The lowest BCUT2D eigenvalue weighted by Gasteiger charge is -2.00. The summed E-state index contributed by atoms with van der Waals surface area (Å²) >= 11 is 1.69. The highest BCUT2D eigenvalue weighted by atomic mass is 32.2. The molecular weight excluding hydrogens is 236 g/mol. The van der Waals surface area contributed by atoms with E-state index in [1.165, 1.54) is 10.9 Å². The first-order chi connectivity index (χ1) is 6.97. The van der Waals surface area contributed by atoms with Crippen LogP contribution in [0.15, 0.2) is 4.79 Å². The van der Waals surface area contributed by atoms with Crippen molar-refractivity contribution in [3.05, 3.63) is 21.6 Å². The van der Waals surface area contributed by atoms with E-state index < -0.39 is 9.84 Å². The van der Waals surface area contributed by atoms with Gasteiger partial charge in [-0.3, -0.25) is 14.6 Å². The Morgan fingerprint density at radius 1 is 1.47 bits per heavy atom. The molecule has 0 radical (unpaired) electrons. The number of hydrogen-bond donors (Lipinski definition) is 1. The molecule has 1 N–H and O–H groups in total. The first-order valence-corrected chi connectivity index (χ1v) is 7.75. The number of rotatable bonds is 3. The van der Waals surface area contributed by atoms with Crippen LogP contribution in [0.25, 0.3) is 0 Å². The fourth-order valence-corrected chi connectivity index (χ4v) is 3.07. The summed E-state index contributed by atoms with van der Waals surface area (Å²) in [6, 6.07) is 0. The van der Waals surface area contributed by atoms with Gasteiger partial charge in [0.25, 0.3) is 5.56 Å². The summed E-state index contributed by atoms with van der Waals surface area (Å²) in [4.78, 5) is 11.7. The largest absolute Gasteiger partial charge is 0.299 e. The number of H-pyrrole nitrogens is 1. The average Bonchev–Trinajstić information content (AvgIpc) is 2.65. The quantitative estimate of drug-likeness (QED) is 0.815. The van der Waals surface area contributed by atoms with Crippen LogP contribution in [-0.4, -0.2) is 30.2 Å². The van der Waals surface area contributed by atoms with Crippen molar-refractivity contribution in [3.63, 3.8) is 0 Å². The molecule has 15 heavy (non-hydrogen) atoms. The van der Waals surface area contributed by atoms with Crippen molar-refractivity contribution >= 4 is 21.6 Å². The lowest BCUT2D eigenvalue weighted by Crippen LogP contribution is -2.23. The topological polar surface area (TPSA) is 71.9 Å². The number of aromatic amines is 1. The van der Waals surface area contributed by atoms with E-state index in [0.717, 1.165) is 22.8 Å². The van der Waals surface area contributed by atoms with Crippen molar-refractivity contribution in [2.45, 2.75) is 18.1 Å². The van der Waals surface area contributed by atoms with Crippen LogP contribution < -0.4 is 5.56 Å². The lowest BCUT2D eigenvalue weighted by molar-refractivity contribution is 0.580. The molecule has 0 aliphatic carbocycles. The van der Waals surface area contributed by atoms with E-state index in [9.17, 15) is 13.2 Å². The molecule has 0 amide bonds. The second kappa shape index (κ2) is 3.71. The molecule has 0 atom stereocenters. The zero-order valence-electron chi connectivity index (χ0n) is 8.32. The average molecular weight is 248 g/mol. The molecule has 2 rings (SSSR count). The highest BCUT2D eigenvalue weighted by Gasteiger charge is 2.19. The van der Waals surface area contributed by atoms with Gasteiger partial charge >= 0.3 is 0 Å². The van der Waals surface area contributed by atoms with Gasteiger partial charge in [-0.1, -0.05) is 0 Å². The minimum absolute atomic E-state index is 0.000553. The van der Waals surface area contributed by atoms with E-state index in [0.29, 0.717) is 0 Å². The van der Waals surface area contributed by atoms with E-state index in [1.807, 2.05) is 0 Å². The van der Waals surface area contributed by atoms with Gasteiger partial charge in [-0.15, -0.1) is 0 Å². The fourth-order valence-electron chi connectivity index (χ4n) is 1.51. The maximum Gasteiger partial charge on any atom is 0.270 e. The number of fused-ring (bicyclic) bond motifs is 1. The SMILES string of the molecule is CS(=O)(=O)CCn1[nH]c2c(c1=O)CSC2. The summed E-state index contributed by atoms with van der Waals surface area (Å²) in [5.41, 5.74) is 1.67. The zero-order chi connectivity index (χ0) is 11.1. The van der Waals surface area contributed by atoms with Crippen molar-refractivity contribution in [3.8, 4) is 0 Å². The molecule has 1 aliphatic heterocycles. The molecule has 1 aromatic rings. The first kappa shape index (κ1) is 10.8. The lowest BCUT2D eigenvalue weighted by atomic mass is 10.3. The Morgan fingerprint density at radius 2 is 2.20 bits per heavy atom. The molecule has 0 saturated heterocycles. The van der Waals surface area contributed by atoms with Gasteiger partial charge in [0.05, 0.1) is 23.6 Å². The van der Waals surface area contributed by atoms with Crippen LogP contribution in [0.5, 0.6) is 0 Å². The Bertz CT molecular complexity index is 527. The Morgan fingerprint density at radius 3 is 2.80 bits per heavy atom. The molecular formula is C8H12N2O3S2. The first-order valence-electron chi connectivity index (χ1n) is 4.53. The van der Waals surface area contributed by atoms with Gasteiger partial charge in [-0.2, -0.15) is 11.8 Å². The fraction of sp³-hybridized carbons (Fsp3) is 0.625. The van der Waals surface area contributed by atoms with Crippen molar-refractivity contribution in [1.82, 2.24) is 9.78 Å². The van der Waals surface area contributed by atoms with E-state index in [2.05, 4.69) is 5.10 Å². The molecule has 0 unspecified atom stereocenters. The summed E-state index contributed by atoms with van der Waals surface area (Å²) in [7, 11) is -3.02. The van der Waals surface area contributed by atoms with Crippen LogP contribution in [0, 0.1) is 0 Å². The van der Waals surface area contributed by atoms with Crippen LogP contribution >= 0.6 is 11.8 Å². The van der Waals surface area contributed by atoms with E-state index in [-0.39, 0.29) is 17.9 Å². The third-order valence-corrected chi connectivity index (χ3v) is 4.23. The van der Waals surface area contributed by atoms with Gasteiger partial charge < -0.3 is 0 Å². The smallest absolute Gasteiger partial charge is 0.270 e. The number of thioether (sulfide) groups is 1. The molecule has 0 bridgehead atoms. The summed E-state index contributed by atoms with van der Waals surface area (Å²) in [5, 5.41) is 2.95. The second-order valence-corrected chi connectivity index (χ2v) is 6.89. The van der Waals surface area contributed by atoms with Gasteiger partial charge in [0.15, 0.2) is 0 Å². The number of nitrogens with zero attached hydrogens (tertiary/aromatic N) is 1. The van der Waals surface area contributed by atoms with E-state index >= 15 is 0 Å². The predicted molar refractivity (Wildman–Crippen MR) is 59.8 cm³/mol. The van der Waals surface area contributed by atoms with Crippen molar-refractivity contribution in [1.29, 1.82) is 0 Å². The van der Waals surface area contributed by atoms with Crippen LogP contribution in [0.3, 0.4) is 0 Å². The Balaban J connectivity index is 2.21. The number of nitrogens with one attached hydrogen (secondary N) is 1. The third kappa shape index (κ3) is 2.28. The Hall–Kier alpha value is -0.690. The monoisotopic (exact) mass is 248 g/mol. The molecule has 84 valence electrons. The highest BCUT2D eigenvalue weighted by molar-refractivity contribution is 7.98. The minimum atomic E-state index is -3.02. The maximum atomic E-state index is 11.7. The maximum absolute atomic E-state index is 11.7. The van der Waals surface area contributed by atoms with E-state index in [1.54, 1.807) is 11.8 Å². The second-order valence-electron chi connectivity index (χ2n) is 3.65. The summed E-state index contributed by atoms with van der Waals surface area (Å²) in [5.74, 6) is 1.55. The molecule has 0 spiro atoms. The van der Waals surface area contributed by atoms with Gasteiger partial charge in [0.1, 0.15) is 9.84 Å². The van der Waals surface area contributed by atoms with Crippen LogP contribution in [-0.2, 0) is 27.9 Å². The predicted octanol–water partition coefficient (Wildman–Crippen LogP) is -0.0322. The Kier molecular flexibility index (Phi) is 2.68. The third-order valence-electron chi connectivity index (χ3n) is 2.32. The normalized spacial score (nSPS) is 15.5. The van der Waals surface area contributed by atoms with E-state index in [4.69, 9.17) is 0 Å². The summed E-state index contributed by atoms with van der Waals surface area (Å²) in [6.45, 7) is 0.218. The molecule has 2 heterocycles. The zero-order valence-corrected chi connectivity index (χ0v) is 9.95. The molecule has 0 fully saturated rings. The van der Waals surface area contributed by atoms with Crippen LogP contribution in [0.1, 0.15) is 11.3 Å². The summed E-state index contributed by atoms with van der Waals surface area (Å²) < 4.78 is 23.3. The molecule has 5 nitrogen and oxygen atoms in total. The highest BCUT2D eigenvalue weighted by Crippen LogP contribution is 2.25. The van der Waals surface area contributed by atoms with Crippen LogP contribution in [0.2, 0.25) is 0 Å². The van der Waals surface area contributed by atoms with Crippen molar-refractivity contribution in [2.75, 3.05) is 12.0 Å². The molecule has 0 aromatic carbocycles.